The maximum Gasteiger partial charge on any atom is 0.0701 e. The Balaban J connectivity index is 1.75. The average Bonchev–Trinajstić information content (AvgIpc) is 2.69. The number of unbranched alkanes of at least 4 members (excludes halogenated alkanes) is 1. The molecule has 84 valence electrons. The predicted molar refractivity (Wildman–Crippen MR) is 57.6 cm³/mol. The van der Waals surface area contributed by atoms with Crippen LogP contribution in [0.15, 0.2) is 0 Å². The van der Waals surface area contributed by atoms with E-state index in [1.54, 1.807) is 0 Å². The minimum atomic E-state index is 0.589. The van der Waals surface area contributed by atoms with Gasteiger partial charge in [0, 0.05) is 12.6 Å². The molecule has 0 saturated carbocycles. The van der Waals surface area contributed by atoms with Gasteiger partial charge in [0.25, 0.3) is 0 Å². The third-order valence-corrected chi connectivity index (χ3v) is 2.50. The van der Waals surface area contributed by atoms with E-state index in [-0.39, 0.29) is 0 Å². The molecule has 0 aromatic heterocycles. The molecule has 1 aliphatic rings. The van der Waals surface area contributed by atoms with Crippen LogP contribution in [0.2, 0.25) is 0 Å². The molecule has 0 aliphatic carbocycles. The molecule has 1 aliphatic heterocycles. The van der Waals surface area contributed by atoms with Crippen LogP contribution in [0.1, 0.15) is 32.6 Å². The largest absolute Gasteiger partial charge is 0.379 e. The molecule has 1 saturated heterocycles. The van der Waals surface area contributed by atoms with Crippen LogP contribution in [0.4, 0.5) is 0 Å². The number of rotatable bonds is 8. The van der Waals surface area contributed by atoms with Crippen molar-refractivity contribution in [2.24, 2.45) is 0 Å². The fraction of sp³-hybridized carbons (Fsp3) is 1.00. The van der Waals surface area contributed by atoms with Crippen molar-refractivity contribution in [3.8, 4) is 0 Å². The van der Waals surface area contributed by atoms with Gasteiger partial charge in [0.05, 0.1) is 19.8 Å². The molecular formula is C11H23NO2. The van der Waals surface area contributed by atoms with E-state index in [2.05, 4.69) is 12.2 Å². The summed E-state index contributed by atoms with van der Waals surface area (Å²) in [6.45, 7) is 6.53. The van der Waals surface area contributed by atoms with E-state index in [1.165, 1.54) is 19.3 Å². The summed E-state index contributed by atoms with van der Waals surface area (Å²) in [5, 5.41) is 3.40. The van der Waals surface area contributed by atoms with Crippen LogP contribution in [0, 0.1) is 0 Å². The number of hydrogen-bond donors (Lipinski definition) is 1. The van der Waals surface area contributed by atoms with Gasteiger partial charge >= 0.3 is 0 Å². The quantitative estimate of drug-likeness (QED) is 0.605. The van der Waals surface area contributed by atoms with Crippen LogP contribution in [-0.4, -0.2) is 39.0 Å². The van der Waals surface area contributed by atoms with E-state index >= 15 is 0 Å². The van der Waals surface area contributed by atoms with Gasteiger partial charge in [0.15, 0.2) is 0 Å². The van der Waals surface area contributed by atoms with Gasteiger partial charge in [-0.25, -0.2) is 0 Å². The first-order chi connectivity index (χ1) is 6.93. The Morgan fingerprint density at radius 2 is 2.07 bits per heavy atom. The zero-order chi connectivity index (χ0) is 10.1. The summed E-state index contributed by atoms with van der Waals surface area (Å²) in [5.41, 5.74) is 0. The van der Waals surface area contributed by atoms with E-state index in [9.17, 15) is 0 Å². The monoisotopic (exact) mass is 201 g/mol. The van der Waals surface area contributed by atoms with Gasteiger partial charge in [-0.05, 0) is 25.8 Å². The molecule has 0 unspecified atom stereocenters. The smallest absolute Gasteiger partial charge is 0.0701 e. The highest BCUT2D eigenvalue weighted by Gasteiger charge is 2.13. The lowest BCUT2D eigenvalue weighted by Crippen LogP contribution is -2.27. The van der Waals surface area contributed by atoms with Gasteiger partial charge in [-0.2, -0.15) is 0 Å². The van der Waals surface area contributed by atoms with Crippen molar-refractivity contribution in [1.29, 1.82) is 0 Å². The molecule has 1 fully saturated rings. The molecule has 0 bridgehead atoms. The Morgan fingerprint density at radius 1 is 1.21 bits per heavy atom. The lowest BCUT2D eigenvalue weighted by molar-refractivity contribution is 0.0400. The number of ether oxygens (including phenoxy) is 2. The van der Waals surface area contributed by atoms with E-state index < -0.39 is 0 Å². The molecule has 0 radical (unpaired) electrons. The van der Waals surface area contributed by atoms with Crippen molar-refractivity contribution in [2.75, 3.05) is 33.0 Å². The van der Waals surface area contributed by atoms with Crippen molar-refractivity contribution in [2.45, 2.75) is 38.6 Å². The molecule has 0 spiro atoms. The summed E-state index contributed by atoms with van der Waals surface area (Å²) >= 11 is 0. The summed E-state index contributed by atoms with van der Waals surface area (Å²) in [6.07, 6.45) is 4.91. The Hall–Kier alpha value is -0.120. The molecule has 0 aromatic carbocycles. The molecule has 1 rings (SSSR count). The fourth-order valence-corrected chi connectivity index (χ4v) is 1.59. The highest BCUT2D eigenvalue weighted by molar-refractivity contribution is 4.73. The first-order valence-corrected chi connectivity index (χ1v) is 5.82. The predicted octanol–water partition coefficient (Wildman–Crippen LogP) is 1.57. The van der Waals surface area contributed by atoms with Gasteiger partial charge in [-0.1, -0.05) is 13.3 Å². The Labute approximate surface area is 87.2 Å². The second-order valence-electron chi connectivity index (χ2n) is 3.83. The van der Waals surface area contributed by atoms with Crippen molar-refractivity contribution < 1.29 is 9.47 Å². The van der Waals surface area contributed by atoms with Crippen molar-refractivity contribution in [3.05, 3.63) is 0 Å². The zero-order valence-corrected chi connectivity index (χ0v) is 9.26. The first kappa shape index (κ1) is 12.0. The maximum atomic E-state index is 5.51. The lowest BCUT2D eigenvalue weighted by atomic mass is 10.2. The van der Waals surface area contributed by atoms with E-state index in [0.717, 1.165) is 39.4 Å². The summed E-state index contributed by atoms with van der Waals surface area (Å²) in [5.74, 6) is 0. The van der Waals surface area contributed by atoms with Crippen LogP contribution >= 0.6 is 0 Å². The third-order valence-electron chi connectivity index (χ3n) is 2.50. The SMILES string of the molecule is CCCCOCCOC[C@@H]1CCCN1. The van der Waals surface area contributed by atoms with Crippen molar-refractivity contribution >= 4 is 0 Å². The molecular weight excluding hydrogens is 178 g/mol. The number of nitrogens with one attached hydrogen (secondary N) is 1. The van der Waals surface area contributed by atoms with Gasteiger partial charge in [0.1, 0.15) is 0 Å². The fourth-order valence-electron chi connectivity index (χ4n) is 1.59. The van der Waals surface area contributed by atoms with E-state index in [1.807, 2.05) is 0 Å². The highest BCUT2D eigenvalue weighted by Crippen LogP contribution is 2.04. The lowest BCUT2D eigenvalue weighted by Gasteiger charge is -2.10. The van der Waals surface area contributed by atoms with E-state index in [4.69, 9.17) is 9.47 Å². The normalized spacial score (nSPS) is 21.6. The molecule has 14 heavy (non-hydrogen) atoms. The molecule has 1 atom stereocenters. The molecule has 1 N–H and O–H groups in total. The van der Waals surface area contributed by atoms with Crippen LogP contribution in [0.5, 0.6) is 0 Å². The summed E-state index contributed by atoms with van der Waals surface area (Å²) in [7, 11) is 0. The second kappa shape index (κ2) is 8.21. The van der Waals surface area contributed by atoms with Crippen LogP contribution < -0.4 is 5.32 Å². The minimum absolute atomic E-state index is 0.589. The summed E-state index contributed by atoms with van der Waals surface area (Å²) in [6, 6.07) is 0.589. The zero-order valence-electron chi connectivity index (χ0n) is 9.26. The summed E-state index contributed by atoms with van der Waals surface area (Å²) < 4.78 is 10.9. The van der Waals surface area contributed by atoms with Crippen LogP contribution in [-0.2, 0) is 9.47 Å². The van der Waals surface area contributed by atoms with Crippen molar-refractivity contribution in [1.82, 2.24) is 5.32 Å². The molecule has 1 heterocycles. The minimum Gasteiger partial charge on any atom is -0.379 e. The molecule has 0 aromatic rings. The Kier molecular flexibility index (Phi) is 7.01. The van der Waals surface area contributed by atoms with Crippen LogP contribution in [0.25, 0.3) is 0 Å². The van der Waals surface area contributed by atoms with Crippen LogP contribution in [0.3, 0.4) is 0 Å². The summed E-state index contributed by atoms with van der Waals surface area (Å²) in [4.78, 5) is 0. The highest BCUT2D eigenvalue weighted by atomic mass is 16.5. The van der Waals surface area contributed by atoms with Gasteiger partial charge in [0.2, 0.25) is 0 Å². The molecule has 0 amide bonds. The maximum absolute atomic E-state index is 5.51. The number of hydrogen-bond acceptors (Lipinski definition) is 3. The Morgan fingerprint density at radius 3 is 2.79 bits per heavy atom. The molecule has 3 nitrogen and oxygen atoms in total. The second-order valence-corrected chi connectivity index (χ2v) is 3.83. The van der Waals surface area contributed by atoms with Crippen molar-refractivity contribution in [3.63, 3.8) is 0 Å². The third kappa shape index (κ3) is 5.58. The van der Waals surface area contributed by atoms with Gasteiger partial charge in [-0.3, -0.25) is 0 Å². The van der Waals surface area contributed by atoms with E-state index in [0.29, 0.717) is 6.04 Å². The van der Waals surface area contributed by atoms with Gasteiger partial charge in [-0.15, -0.1) is 0 Å². The molecule has 3 heteroatoms. The first-order valence-electron chi connectivity index (χ1n) is 5.82. The topological polar surface area (TPSA) is 30.5 Å². The average molecular weight is 201 g/mol. The Bertz CT molecular complexity index is 124. The van der Waals surface area contributed by atoms with Gasteiger partial charge < -0.3 is 14.8 Å². The standard InChI is InChI=1S/C11H23NO2/c1-2-3-7-13-8-9-14-10-11-5-4-6-12-11/h11-12H,2-10H2,1H3/t11-/m0/s1.